The zero-order valence-electron chi connectivity index (χ0n) is 8.42. The summed E-state index contributed by atoms with van der Waals surface area (Å²) in [4.78, 5) is 0. The predicted octanol–water partition coefficient (Wildman–Crippen LogP) is 3.01. The van der Waals surface area contributed by atoms with Gasteiger partial charge in [0, 0.05) is 11.1 Å². The van der Waals surface area contributed by atoms with Crippen molar-refractivity contribution in [2.45, 2.75) is 25.9 Å². The van der Waals surface area contributed by atoms with Crippen molar-refractivity contribution in [1.29, 1.82) is 0 Å². The second-order valence-electron chi connectivity index (χ2n) is 3.30. The quantitative estimate of drug-likeness (QED) is 0.752. The molecule has 0 spiro atoms. The zero-order valence-corrected chi connectivity index (χ0v) is 9.18. The normalized spacial score (nSPS) is 14.4. The fourth-order valence-electron chi connectivity index (χ4n) is 1.34. The summed E-state index contributed by atoms with van der Waals surface area (Å²) in [5.74, 6) is 2.63. The number of halogens is 1. The smallest absolute Gasteiger partial charge is 0.0662 e. The van der Waals surface area contributed by atoms with Crippen molar-refractivity contribution in [3.63, 3.8) is 0 Å². The van der Waals surface area contributed by atoms with Crippen LogP contribution in [0.1, 0.15) is 25.5 Å². The van der Waals surface area contributed by atoms with Crippen molar-refractivity contribution < 1.29 is 0 Å². The lowest BCUT2D eigenvalue weighted by molar-refractivity contribution is 0.546. The van der Waals surface area contributed by atoms with Crippen molar-refractivity contribution in [3.8, 4) is 12.3 Å². The van der Waals surface area contributed by atoms with Crippen molar-refractivity contribution in [1.82, 2.24) is 5.32 Å². The minimum Gasteiger partial charge on any atom is -0.297 e. The third kappa shape index (κ3) is 2.77. The van der Waals surface area contributed by atoms with Crippen LogP contribution >= 0.6 is 11.6 Å². The van der Waals surface area contributed by atoms with Gasteiger partial charge >= 0.3 is 0 Å². The highest BCUT2D eigenvalue weighted by atomic mass is 35.5. The maximum absolute atomic E-state index is 6.05. The monoisotopic (exact) mass is 207 g/mol. The molecular formula is C12H14ClN. The molecule has 74 valence electrons. The zero-order chi connectivity index (χ0) is 10.6. The maximum Gasteiger partial charge on any atom is 0.0662 e. The van der Waals surface area contributed by atoms with Crippen LogP contribution in [-0.2, 0) is 0 Å². The molecule has 1 aromatic carbocycles. The van der Waals surface area contributed by atoms with Crippen LogP contribution in [0.2, 0.25) is 5.02 Å². The average Bonchev–Trinajstić information content (AvgIpc) is 2.18. The van der Waals surface area contributed by atoms with Crippen LogP contribution in [0.25, 0.3) is 0 Å². The summed E-state index contributed by atoms with van der Waals surface area (Å²) < 4.78 is 0. The Balaban J connectivity index is 2.75. The minimum atomic E-state index is 0.0567. The average molecular weight is 208 g/mol. The molecule has 1 nitrogen and oxygen atoms in total. The van der Waals surface area contributed by atoms with Gasteiger partial charge in [-0.15, -0.1) is 6.42 Å². The van der Waals surface area contributed by atoms with Gasteiger partial charge in [0.05, 0.1) is 6.04 Å². The van der Waals surface area contributed by atoms with Gasteiger partial charge in [0.25, 0.3) is 0 Å². The van der Waals surface area contributed by atoms with Crippen molar-refractivity contribution in [3.05, 3.63) is 34.9 Å². The predicted molar refractivity (Wildman–Crippen MR) is 61.3 cm³/mol. The highest BCUT2D eigenvalue weighted by molar-refractivity contribution is 6.31. The lowest BCUT2D eigenvalue weighted by Crippen LogP contribution is -2.27. The van der Waals surface area contributed by atoms with E-state index in [9.17, 15) is 0 Å². The third-order valence-electron chi connectivity index (χ3n) is 2.12. The van der Waals surface area contributed by atoms with Gasteiger partial charge < -0.3 is 0 Å². The van der Waals surface area contributed by atoms with E-state index < -0.39 is 0 Å². The number of benzene rings is 1. The Bertz CT molecular complexity index is 340. The summed E-state index contributed by atoms with van der Waals surface area (Å²) in [6.07, 6.45) is 5.29. The maximum atomic E-state index is 6.05. The molecule has 1 unspecified atom stereocenters. The van der Waals surface area contributed by atoms with E-state index in [2.05, 4.69) is 18.2 Å². The number of hydrogen-bond donors (Lipinski definition) is 1. The van der Waals surface area contributed by atoms with Gasteiger partial charge in [-0.25, -0.2) is 0 Å². The molecule has 2 atom stereocenters. The van der Waals surface area contributed by atoms with Crippen LogP contribution in [0.3, 0.4) is 0 Å². The molecule has 1 rings (SSSR count). The molecule has 0 fully saturated rings. The Morgan fingerprint density at radius 2 is 2.00 bits per heavy atom. The summed E-state index contributed by atoms with van der Waals surface area (Å²) in [5, 5.41) is 4.04. The SMILES string of the molecule is C#CC(C)N[C@@H](C)c1ccccc1Cl. The molecule has 0 bridgehead atoms. The molecule has 0 radical (unpaired) electrons. The highest BCUT2D eigenvalue weighted by Gasteiger charge is 2.09. The molecule has 0 heterocycles. The van der Waals surface area contributed by atoms with Crippen molar-refractivity contribution in [2.24, 2.45) is 0 Å². The van der Waals surface area contributed by atoms with E-state index in [1.807, 2.05) is 31.2 Å². The van der Waals surface area contributed by atoms with E-state index >= 15 is 0 Å². The number of nitrogens with one attached hydrogen (secondary N) is 1. The van der Waals surface area contributed by atoms with Gasteiger partial charge in [0.1, 0.15) is 0 Å². The van der Waals surface area contributed by atoms with Gasteiger partial charge in [0.2, 0.25) is 0 Å². The Hall–Kier alpha value is -0.970. The van der Waals surface area contributed by atoms with Gasteiger partial charge in [-0.1, -0.05) is 35.7 Å². The lowest BCUT2D eigenvalue weighted by Gasteiger charge is -2.17. The van der Waals surface area contributed by atoms with Crippen molar-refractivity contribution >= 4 is 11.6 Å². The standard InChI is InChI=1S/C12H14ClN/c1-4-9(2)14-10(3)11-7-5-6-8-12(11)13/h1,5-10,14H,2-3H3/t9?,10-/m0/s1. The molecule has 0 aliphatic heterocycles. The van der Waals surface area contributed by atoms with Crippen molar-refractivity contribution in [2.75, 3.05) is 0 Å². The largest absolute Gasteiger partial charge is 0.297 e. The fourth-order valence-corrected chi connectivity index (χ4v) is 1.64. The van der Waals surface area contributed by atoms with Crippen LogP contribution in [0, 0.1) is 12.3 Å². The molecular weight excluding hydrogens is 194 g/mol. The first kappa shape index (κ1) is 11.1. The van der Waals surface area contributed by atoms with Crippen LogP contribution < -0.4 is 5.32 Å². The number of terminal acetylenes is 1. The second-order valence-corrected chi connectivity index (χ2v) is 3.71. The lowest BCUT2D eigenvalue weighted by atomic mass is 10.1. The molecule has 1 N–H and O–H groups in total. The van der Waals surface area contributed by atoms with Gasteiger partial charge in [-0.05, 0) is 25.5 Å². The Labute approximate surface area is 90.5 Å². The van der Waals surface area contributed by atoms with E-state index in [0.29, 0.717) is 0 Å². The minimum absolute atomic E-state index is 0.0567. The fraction of sp³-hybridized carbons (Fsp3) is 0.333. The van der Waals surface area contributed by atoms with E-state index in [1.54, 1.807) is 0 Å². The Morgan fingerprint density at radius 3 is 2.57 bits per heavy atom. The second kappa shape index (κ2) is 5.05. The molecule has 0 aliphatic carbocycles. The first-order valence-electron chi connectivity index (χ1n) is 4.61. The van der Waals surface area contributed by atoms with Crippen LogP contribution in [-0.4, -0.2) is 6.04 Å². The van der Waals surface area contributed by atoms with Gasteiger partial charge in [-0.3, -0.25) is 5.32 Å². The topological polar surface area (TPSA) is 12.0 Å². The number of rotatable bonds is 3. The van der Waals surface area contributed by atoms with Crippen LogP contribution in [0.5, 0.6) is 0 Å². The highest BCUT2D eigenvalue weighted by Crippen LogP contribution is 2.22. The summed E-state index contributed by atoms with van der Waals surface area (Å²) >= 11 is 6.05. The molecule has 0 amide bonds. The van der Waals surface area contributed by atoms with E-state index in [1.165, 1.54) is 0 Å². The summed E-state index contributed by atoms with van der Waals surface area (Å²) in [7, 11) is 0. The van der Waals surface area contributed by atoms with E-state index in [4.69, 9.17) is 18.0 Å². The Kier molecular flexibility index (Phi) is 4.00. The third-order valence-corrected chi connectivity index (χ3v) is 2.47. The summed E-state index contributed by atoms with van der Waals surface area (Å²) in [5.41, 5.74) is 1.08. The number of hydrogen-bond acceptors (Lipinski definition) is 1. The first-order valence-corrected chi connectivity index (χ1v) is 4.99. The van der Waals surface area contributed by atoms with Gasteiger partial charge in [0.15, 0.2) is 0 Å². The molecule has 1 aromatic rings. The van der Waals surface area contributed by atoms with E-state index in [0.717, 1.165) is 10.6 Å². The van der Waals surface area contributed by atoms with E-state index in [-0.39, 0.29) is 12.1 Å². The molecule has 0 aromatic heterocycles. The summed E-state index contributed by atoms with van der Waals surface area (Å²) in [6, 6.07) is 8.01. The first-order chi connectivity index (χ1) is 6.65. The Morgan fingerprint density at radius 1 is 1.36 bits per heavy atom. The molecule has 2 heteroatoms. The summed E-state index contributed by atoms with van der Waals surface area (Å²) in [6.45, 7) is 4.00. The van der Waals surface area contributed by atoms with Gasteiger partial charge in [-0.2, -0.15) is 0 Å². The van der Waals surface area contributed by atoms with Crippen LogP contribution in [0.15, 0.2) is 24.3 Å². The molecule has 14 heavy (non-hydrogen) atoms. The molecule has 0 saturated heterocycles. The van der Waals surface area contributed by atoms with Crippen LogP contribution in [0.4, 0.5) is 0 Å². The molecule has 0 aliphatic rings. The molecule has 0 saturated carbocycles.